The van der Waals surface area contributed by atoms with Crippen LogP contribution in [0, 0.1) is 5.92 Å². The van der Waals surface area contributed by atoms with Crippen LogP contribution in [0.3, 0.4) is 0 Å². The van der Waals surface area contributed by atoms with E-state index in [0.717, 1.165) is 19.4 Å². The number of likely N-dealkylation sites (tertiary alicyclic amines) is 1. The van der Waals surface area contributed by atoms with Crippen molar-refractivity contribution in [3.63, 3.8) is 0 Å². The molecule has 15 heavy (non-hydrogen) atoms. The molecule has 0 radical (unpaired) electrons. The first-order chi connectivity index (χ1) is 6.91. The molecule has 2 aliphatic rings. The van der Waals surface area contributed by atoms with Crippen LogP contribution in [0.5, 0.6) is 0 Å². The van der Waals surface area contributed by atoms with E-state index in [9.17, 15) is 18.3 Å². The Morgan fingerprint density at radius 1 is 1.33 bits per heavy atom. The summed E-state index contributed by atoms with van der Waals surface area (Å²) in [5, 5.41) is 9.44. The maximum atomic E-state index is 12.5. The summed E-state index contributed by atoms with van der Waals surface area (Å²) in [7, 11) is 0. The molecule has 1 heterocycles. The van der Waals surface area contributed by atoms with Crippen molar-refractivity contribution in [2.24, 2.45) is 5.92 Å². The third-order valence-electron chi connectivity index (χ3n) is 3.60. The second-order valence-electron chi connectivity index (χ2n) is 4.81. The molecule has 2 rings (SSSR count). The number of halogens is 3. The van der Waals surface area contributed by atoms with Gasteiger partial charge in [-0.2, -0.15) is 13.2 Å². The Balaban J connectivity index is 1.87. The average Bonchev–Trinajstić information content (AvgIpc) is 2.40. The Labute approximate surface area is 87.1 Å². The lowest BCUT2D eigenvalue weighted by atomic mass is 9.85. The zero-order valence-electron chi connectivity index (χ0n) is 8.56. The number of hydrogen-bond donors (Lipinski definition) is 1. The highest BCUT2D eigenvalue weighted by molar-refractivity contribution is 4.96. The Morgan fingerprint density at radius 3 is 2.40 bits per heavy atom. The summed E-state index contributed by atoms with van der Waals surface area (Å²) >= 11 is 0. The molecule has 2 fully saturated rings. The molecule has 5 heteroatoms. The van der Waals surface area contributed by atoms with E-state index in [1.165, 1.54) is 6.42 Å². The minimum Gasteiger partial charge on any atom is -0.379 e. The summed E-state index contributed by atoms with van der Waals surface area (Å²) in [6.07, 6.45) is -1.21. The summed E-state index contributed by atoms with van der Waals surface area (Å²) in [6.45, 7) is 0.845. The fourth-order valence-corrected chi connectivity index (χ4v) is 2.30. The summed E-state index contributed by atoms with van der Waals surface area (Å²) in [6, 6.07) is 0. The van der Waals surface area contributed by atoms with Crippen LogP contribution in [0.2, 0.25) is 0 Å². The van der Waals surface area contributed by atoms with Crippen molar-refractivity contribution in [3.05, 3.63) is 0 Å². The van der Waals surface area contributed by atoms with Gasteiger partial charge in [0.25, 0.3) is 0 Å². The minimum absolute atomic E-state index is 0.177. The van der Waals surface area contributed by atoms with Crippen molar-refractivity contribution >= 4 is 0 Å². The summed E-state index contributed by atoms with van der Waals surface area (Å²) in [4.78, 5) is 1.75. The van der Waals surface area contributed by atoms with E-state index in [4.69, 9.17) is 0 Å². The Kier molecular flexibility index (Phi) is 2.71. The topological polar surface area (TPSA) is 23.5 Å². The second-order valence-corrected chi connectivity index (χ2v) is 4.81. The lowest BCUT2D eigenvalue weighted by molar-refractivity contribution is -0.254. The first-order valence-corrected chi connectivity index (χ1v) is 5.42. The van der Waals surface area contributed by atoms with Gasteiger partial charge in [0.2, 0.25) is 0 Å². The summed E-state index contributed by atoms with van der Waals surface area (Å²) in [5.41, 5.74) is -2.46. The number of nitrogens with zero attached hydrogens (tertiary/aromatic N) is 1. The molecular weight excluding hydrogens is 207 g/mol. The molecule has 1 atom stereocenters. The van der Waals surface area contributed by atoms with Gasteiger partial charge >= 0.3 is 6.18 Å². The number of aliphatic hydroxyl groups is 1. The predicted octanol–water partition coefficient (Wildman–Crippen LogP) is 1.79. The molecule has 0 aromatic heterocycles. The molecule has 1 aliphatic heterocycles. The first-order valence-electron chi connectivity index (χ1n) is 5.42. The van der Waals surface area contributed by atoms with E-state index in [-0.39, 0.29) is 13.0 Å². The number of rotatable bonds is 2. The fourth-order valence-electron chi connectivity index (χ4n) is 2.30. The highest BCUT2D eigenvalue weighted by Gasteiger charge is 2.57. The van der Waals surface area contributed by atoms with E-state index < -0.39 is 11.8 Å². The van der Waals surface area contributed by atoms with Gasteiger partial charge < -0.3 is 5.11 Å². The Morgan fingerprint density at radius 2 is 2.00 bits per heavy atom. The monoisotopic (exact) mass is 223 g/mol. The smallest absolute Gasteiger partial charge is 0.379 e. The van der Waals surface area contributed by atoms with Crippen LogP contribution in [0.4, 0.5) is 13.2 Å². The molecule has 88 valence electrons. The van der Waals surface area contributed by atoms with Gasteiger partial charge in [0, 0.05) is 19.6 Å². The largest absolute Gasteiger partial charge is 0.418 e. The SMILES string of the molecule is OC1(C(F)(F)F)CCN(CC2CCC2)C1. The zero-order valence-corrected chi connectivity index (χ0v) is 8.56. The highest BCUT2D eigenvalue weighted by Crippen LogP contribution is 2.38. The second kappa shape index (κ2) is 3.63. The van der Waals surface area contributed by atoms with Gasteiger partial charge in [-0.3, -0.25) is 4.90 Å². The molecule has 1 saturated heterocycles. The van der Waals surface area contributed by atoms with E-state index in [1.54, 1.807) is 4.90 Å². The third kappa shape index (κ3) is 2.13. The normalized spacial score (nSPS) is 34.4. The van der Waals surface area contributed by atoms with Gasteiger partial charge in [-0.15, -0.1) is 0 Å². The fraction of sp³-hybridized carbons (Fsp3) is 1.00. The summed E-state index contributed by atoms with van der Waals surface area (Å²) in [5.74, 6) is 0.556. The molecule has 1 saturated carbocycles. The van der Waals surface area contributed by atoms with Crippen LogP contribution in [0.25, 0.3) is 0 Å². The molecule has 1 N–H and O–H groups in total. The van der Waals surface area contributed by atoms with Crippen LogP contribution in [-0.2, 0) is 0 Å². The van der Waals surface area contributed by atoms with Gasteiger partial charge in [0.1, 0.15) is 0 Å². The Hall–Kier alpha value is -0.290. The number of β-amino-alcohol motifs (C(OH)–C–C–N with tert-alkyl or cyclic N) is 1. The van der Waals surface area contributed by atoms with Gasteiger partial charge in [-0.25, -0.2) is 0 Å². The van der Waals surface area contributed by atoms with Gasteiger partial charge in [-0.05, 0) is 25.2 Å². The van der Waals surface area contributed by atoms with Gasteiger partial charge in [0.05, 0.1) is 0 Å². The summed E-state index contributed by atoms with van der Waals surface area (Å²) < 4.78 is 37.4. The van der Waals surface area contributed by atoms with E-state index in [2.05, 4.69) is 0 Å². The number of hydrogen-bond acceptors (Lipinski definition) is 2. The maximum Gasteiger partial charge on any atom is 0.418 e. The zero-order chi connectivity index (χ0) is 11.1. The molecule has 1 aliphatic carbocycles. The molecule has 2 nitrogen and oxygen atoms in total. The molecule has 0 bridgehead atoms. The van der Waals surface area contributed by atoms with E-state index in [1.807, 2.05) is 0 Å². The molecule has 0 amide bonds. The van der Waals surface area contributed by atoms with Gasteiger partial charge in [0.15, 0.2) is 5.60 Å². The van der Waals surface area contributed by atoms with Crippen LogP contribution >= 0.6 is 0 Å². The van der Waals surface area contributed by atoms with Crippen molar-refractivity contribution < 1.29 is 18.3 Å². The van der Waals surface area contributed by atoms with E-state index in [0.29, 0.717) is 12.5 Å². The Bertz CT molecular complexity index is 239. The minimum atomic E-state index is -4.48. The third-order valence-corrected chi connectivity index (χ3v) is 3.60. The van der Waals surface area contributed by atoms with Crippen molar-refractivity contribution in [1.29, 1.82) is 0 Å². The van der Waals surface area contributed by atoms with Crippen molar-refractivity contribution in [1.82, 2.24) is 4.90 Å². The van der Waals surface area contributed by atoms with Crippen LogP contribution < -0.4 is 0 Å². The van der Waals surface area contributed by atoms with Crippen LogP contribution in [-0.4, -0.2) is 41.4 Å². The van der Waals surface area contributed by atoms with E-state index >= 15 is 0 Å². The van der Waals surface area contributed by atoms with Crippen molar-refractivity contribution in [2.75, 3.05) is 19.6 Å². The van der Waals surface area contributed by atoms with Crippen molar-refractivity contribution in [3.8, 4) is 0 Å². The quantitative estimate of drug-likeness (QED) is 0.771. The first kappa shape index (κ1) is 11.2. The maximum absolute atomic E-state index is 12.5. The van der Waals surface area contributed by atoms with Crippen LogP contribution in [0.15, 0.2) is 0 Å². The average molecular weight is 223 g/mol. The van der Waals surface area contributed by atoms with Crippen LogP contribution in [0.1, 0.15) is 25.7 Å². The highest BCUT2D eigenvalue weighted by atomic mass is 19.4. The standard InChI is InChI=1S/C10H16F3NO/c11-10(12,13)9(15)4-5-14(7-9)6-8-2-1-3-8/h8,15H,1-7H2. The van der Waals surface area contributed by atoms with Gasteiger partial charge in [-0.1, -0.05) is 6.42 Å². The molecule has 0 spiro atoms. The lowest BCUT2D eigenvalue weighted by Crippen LogP contribution is -2.47. The molecule has 0 aromatic rings. The molecule has 0 aromatic carbocycles. The number of alkyl halides is 3. The lowest BCUT2D eigenvalue weighted by Gasteiger charge is -2.31. The molecule has 1 unspecified atom stereocenters. The predicted molar refractivity (Wildman–Crippen MR) is 49.4 cm³/mol. The molecular formula is C10H16F3NO. The van der Waals surface area contributed by atoms with Crippen molar-refractivity contribution in [2.45, 2.75) is 37.5 Å².